The van der Waals surface area contributed by atoms with E-state index < -0.39 is 0 Å². The molecule has 2 nitrogen and oxygen atoms in total. The second-order valence-corrected chi connectivity index (χ2v) is 8.01. The van der Waals surface area contributed by atoms with E-state index in [0.717, 1.165) is 6.54 Å². The summed E-state index contributed by atoms with van der Waals surface area (Å²) in [7, 11) is 2.28. The largest absolute Gasteiger partial charge is 0.337 e. The standard InChI is InChI=1S/C22H26N2/c1-15-8-10-21-18(12-15)19-14-23(2)13-17-9-11-20(24(21)22(17)19)16-6-4-3-5-7-16/h3-7,10,12,15,17,20H,8-9,11,13-14H2,1-2H3. The lowest BCUT2D eigenvalue weighted by molar-refractivity contribution is 0.243. The first kappa shape index (κ1) is 14.5. The molecule has 3 unspecified atom stereocenters. The number of hydrogen-bond acceptors (Lipinski definition) is 1. The summed E-state index contributed by atoms with van der Waals surface area (Å²) < 4.78 is 2.73. The number of rotatable bonds is 1. The van der Waals surface area contributed by atoms with Crippen molar-refractivity contribution in [3.05, 3.63) is 57.7 Å². The Morgan fingerprint density at radius 1 is 1.08 bits per heavy atom. The topological polar surface area (TPSA) is 8.17 Å². The van der Waals surface area contributed by atoms with Gasteiger partial charge in [-0.1, -0.05) is 49.4 Å². The number of hydrogen-bond donors (Lipinski definition) is 0. The minimum Gasteiger partial charge on any atom is -0.337 e. The number of nitrogens with zero attached hydrogens (tertiary/aromatic N) is 2. The Labute approximate surface area is 144 Å². The van der Waals surface area contributed by atoms with Gasteiger partial charge >= 0.3 is 0 Å². The van der Waals surface area contributed by atoms with E-state index in [4.69, 9.17) is 0 Å². The Morgan fingerprint density at radius 3 is 2.75 bits per heavy atom. The van der Waals surface area contributed by atoms with Crippen LogP contribution in [0.15, 0.2) is 30.3 Å². The summed E-state index contributed by atoms with van der Waals surface area (Å²) in [4.78, 5) is 2.52. The number of likely N-dealkylation sites (N-methyl/N-ethyl adjacent to an activating group) is 1. The van der Waals surface area contributed by atoms with Gasteiger partial charge in [0.05, 0.1) is 6.04 Å². The van der Waals surface area contributed by atoms with E-state index in [1.54, 1.807) is 16.5 Å². The number of benzene rings is 1. The van der Waals surface area contributed by atoms with E-state index in [0.29, 0.717) is 17.9 Å². The molecule has 1 aromatic carbocycles. The van der Waals surface area contributed by atoms with Crippen LogP contribution in [0, 0.1) is 5.92 Å². The molecule has 3 aliphatic rings. The van der Waals surface area contributed by atoms with Crippen LogP contribution >= 0.6 is 0 Å². The highest BCUT2D eigenvalue weighted by molar-refractivity contribution is 5.47. The Hall–Kier alpha value is -1.80. The summed E-state index contributed by atoms with van der Waals surface area (Å²) in [5, 5.41) is 3.05. The van der Waals surface area contributed by atoms with Gasteiger partial charge in [-0.05, 0) is 43.4 Å². The normalized spacial score (nSPS) is 28.5. The van der Waals surface area contributed by atoms with E-state index in [9.17, 15) is 0 Å². The first-order chi connectivity index (χ1) is 11.7. The first-order valence-electron chi connectivity index (χ1n) is 9.41. The summed E-state index contributed by atoms with van der Waals surface area (Å²) in [6.45, 7) is 4.67. The van der Waals surface area contributed by atoms with Crippen LogP contribution in [0.4, 0.5) is 0 Å². The third-order valence-electron chi connectivity index (χ3n) is 6.19. The van der Waals surface area contributed by atoms with Gasteiger partial charge in [0.15, 0.2) is 0 Å². The lowest BCUT2D eigenvalue weighted by Gasteiger charge is -2.38. The quantitative estimate of drug-likeness (QED) is 0.785. The van der Waals surface area contributed by atoms with E-state index in [2.05, 4.69) is 65.9 Å². The lowest BCUT2D eigenvalue weighted by Crippen LogP contribution is -2.37. The number of aromatic nitrogens is 1. The van der Waals surface area contributed by atoms with Gasteiger partial charge in [0.1, 0.15) is 0 Å². The molecular formula is C22H26N2. The molecule has 2 heteroatoms. The van der Waals surface area contributed by atoms with Crippen molar-refractivity contribution in [2.24, 2.45) is 5.92 Å². The van der Waals surface area contributed by atoms with Crippen LogP contribution in [0.25, 0.3) is 12.2 Å². The van der Waals surface area contributed by atoms with E-state index >= 15 is 0 Å². The highest BCUT2D eigenvalue weighted by Crippen LogP contribution is 2.40. The molecule has 3 heterocycles. The minimum atomic E-state index is 0.515. The fraction of sp³-hybridized carbons (Fsp3) is 0.455. The molecule has 1 aromatic heterocycles. The Bertz CT molecular complexity index is 890. The number of fused-ring (bicyclic) bond motifs is 3. The molecule has 0 radical (unpaired) electrons. The zero-order valence-corrected chi connectivity index (χ0v) is 14.7. The summed E-state index contributed by atoms with van der Waals surface area (Å²) in [6.07, 6.45) is 8.80. The van der Waals surface area contributed by atoms with Crippen molar-refractivity contribution < 1.29 is 0 Å². The zero-order chi connectivity index (χ0) is 16.3. The molecule has 1 aliphatic carbocycles. The average Bonchev–Trinajstić information content (AvgIpc) is 2.91. The highest BCUT2D eigenvalue weighted by Gasteiger charge is 2.36. The van der Waals surface area contributed by atoms with Crippen LogP contribution in [-0.4, -0.2) is 23.1 Å². The summed E-state index contributed by atoms with van der Waals surface area (Å²) in [5.41, 5.74) is 4.74. The Balaban J connectivity index is 1.80. The van der Waals surface area contributed by atoms with Gasteiger partial charge < -0.3 is 9.47 Å². The van der Waals surface area contributed by atoms with Crippen molar-refractivity contribution in [2.75, 3.05) is 13.6 Å². The molecule has 5 rings (SSSR count). The first-order valence-corrected chi connectivity index (χ1v) is 9.41. The van der Waals surface area contributed by atoms with Crippen LogP contribution in [-0.2, 0) is 6.54 Å². The van der Waals surface area contributed by atoms with E-state index in [-0.39, 0.29) is 0 Å². The van der Waals surface area contributed by atoms with Gasteiger partial charge in [0.25, 0.3) is 0 Å². The fourth-order valence-corrected chi connectivity index (χ4v) is 5.19. The smallest absolute Gasteiger partial charge is 0.0589 e. The van der Waals surface area contributed by atoms with Gasteiger partial charge in [0.2, 0.25) is 0 Å². The van der Waals surface area contributed by atoms with Crippen LogP contribution in [0.1, 0.15) is 55.0 Å². The maximum atomic E-state index is 2.73. The van der Waals surface area contributed by atoms with Crippen molar-refractivity contribution in [3.63, 3.8) is 0 Å². The highest BCUT2D eigenvalue weighted by atomic mass is 15.1. The molecule has 0 amide bonds. The Morgan fingerprint density at radius 2 is 1.92 bits per heavy atom. The van der Waals surface area contributed by atoms with Gasteiger partial charge in [-0.3, -0.25) is 0 Å². The van der Waals surface area contributed by atoms with Gasteiger partial charge in [-0.25, -0.2) is 0 Å². The third-order valence-corrected chi connectivity index (χ3v) is 6.19. The molecule has 124 valence electrons. The summed E-state index contributed by atoms with van der Waals surface area (Å²) in [6, 6.07) is 11.7. The van der Waals surface area contributed by atoms with Crippen molar-refractivity contribution in [3.8, 4) is 0 Å². The van der Waals surface area contributed by atoms with Crippen LogP contribution < -0.4 is 10.6 Å². The molecule has 3 atom stereocenters. The van der Waals surface area contributed by atoms with Crippen molar-refractivity contribution in [2.45, 2.75) is 44.7 Å². The molecule has 0 saturated carbocycles. The SMILES string of the molecule is CC1C=c2c3c4n(c2=CC1)C(c1ccccc1)CCC4CN(C)C3. The molecule has 2 aliphatic heterocycles. The molecule has 0 saturated heterocycles. The molecule has 0 fully saturated rings. The maximum absolute atomic E-state index is 2.73. The molecule has 0 N–H and O–H groups in total. The van der Waals surface area contributed by atoms with Crippen molar-refractivity contribution >= 4 is 12.2 Å². The van der Waals surface area contributed by atoms with Crippen LogP contribution in [0.5, 0.6) is 0 Å². The zero-order valence-electron chi connectivity index (χ0n) is 14.7. The van der Waals surface area contributed by atoms with Gasteiger partial charge in [-0.2, -0.15) is 0 Å². The predicted molar refractivity (Wildman–Crippen MR) is 99.3 cm³/mol. The average molecular weight is 318 g/mol. The molecular weight excluding hydrogens is 292 g/mol. The fourth-order valence-electron chi connectivity index (χ4n) is 5.19. The van der Waals surface area contributed by atoms with Crippen LogP contribution in [0.2, 0.25) is 0 Å². The van der Waals surface area contributed by atoms with Crippen molar-refractivity contribution in [1.29, 1.82) is 0 Å². The summed E-state index contributed by atoms with van der Waals surface area (Å²) >= 11 is 0. The van der Waals surface area contributed by atoms with Crippen LogP contribution in [0.3, 0.4) is 0 Å². The second kappa shape index (κ2) is 5.35. The maximum Gasteiger partial charge on any atom is 0.0589 e. The third kappa shape index (κ3) is 2.05. The summed E-state index contributed by atoms with van der Waals surface area (Å²) in [5.74, 6) is 1.38. The van der Waals surface area contributed by atoms with Crippen molar-refractivity contribution in [1.82, 2.24) is 9.47 Å². The van der Waals surface area contributed by atoms with E-state index in [1.807, 2.05) is 0 Å². The molecule has 2 aromatic rings. The van der Waals surface area contributed by atoms with E-state index in [1.165, 1.54) is 36.7 Å². The molecule has 0 spiro atoms. The molecule has 0 bridgehead atoms. The van der Waals surface area contributed by atoms with Gasteiger partial charge in [-0.15, -0.1) is 0 Å². The second-order valence-electron chi connectivity index (χ2n) is 8.01. The van der Waals surface area contributed by atoms with Gasteiger partial charge in [0, 0.05) is 35.3 Å². The monoisotopic (exact) mass is 318 g/mol. The Kier molecular flexibility index (Phi) is 3.24. The predicted octanol–water partition coefficient (Wildman–Crippen LogP) is 3.00. The minimum absolute atomic E-state index is 0.515. The lowest BCUT2D eigenvalue weighted by atomic mass is 9.85. The molecule has 24 heavy (non-hydrogen) atoms.